The Bertz CT molecular complexity index is 873. The summed E-state index contributed by atoms with van der Waals surface area (Å²) in [6.45, 7) is 2.70. The van der Waals surface area contributed by atoms with Gasteiger partial charge >= 0.3 is 5.97 Å². The minimum Gasteiger partial charge on any atom is -0.454 e. The van der Waals surface area contributed by atoms with E-state index in [1.165, 1.54) is 19.1 Å². The van der Waals surface area contributed by atoms with Gasteiger partial charge in [0.1, 0.15) is 11.9 Å². The molecule has 8 heteroatoms. The maximum atomic E-state index is 13.7. The van der Waals surface area contributed by atoms with Gasteiger partial charge in [-0.25, -0.2) is 9.18 Å². The van der Waals surface area contributed by atoms with Gasteiger partial charge in [0.25, 0.3) is 11.8 Å². The highest BCUT2D eigenvalue weighted by molar-refractivity contribution is 9.10. The fourth-order valence-corrected chi connectivity index (χ4v) is 2.50. The Hall–Kier alpha value is -2.74. The molecule has 0 aromatic heterocycles. The van der Waals surface area contributed by atoms with Crippen molar-refractivity contribution in [3.8, 4) is 0 Å². The van der Waals surface area contributed by atoms with Gasteiger partial charge in [-0.05, 0) is 44.2 Å². The molecule has 0 spiro atoms. The maximum Gasteiger partial charge on any atom is 0.328 e. The highest BCUT2D eigenvalue weighted by Crippen LogP contribution is 2.19. The van der Waals surface area contributed by atoms with Crippen molar-refractivity contribution >= 4 is 39.4 Å². The van der Waals surface area contributed by atoms with E-state index in [0.29, 0.717) is 10.0 Å². The predicted octanol–water partition coefficient (Wildman–Crippen LogP) is 3.20. The third-order valence-corrected chi connectivity index (χ3v) is 4.03. The molecule has 2 aromatic rings. The highest BCUT2D eigenvalue weighted by Gasteiger charge is 2.19. The number of esters is 1. The molecule has 0 aliphatic rings. The molecule has 0 unspecified atom stereocenters. The van der Waals surface area contributed by atoms with Gasteiger partial charge in [0.2, 0.25) is 0 Å². The van der Waals surface area contributed by atoms with Crippen LogP contribution in [-0.4, -0.2) is 30.4 Å². The van der Waals surface area contributed by atoms with Gasteiger partial charge in [-0.2, -0.15) is 0 Å². The van der Waals surface area contributed by atoms with Gasteiger partial charge in [-0.3, -0.25) is 9.59 Å². The molecule has 6 nitrogen and oxygen atoms in total. The van der Waals surface area contributed by atoms with Crippen molar-refractivity contribution in [3.63, 3.8) is 0 Å². The summed E-state index contributed by atoms with van der Waals surface area (Å²) in [5, 5.41) is 4.81. The molecule has 27 heavy (non-hydrogen) atoms. The molecular weight excluding hydrogens is 419 g/mol. The number of rotatable bonds is 6. The maximum absolute atomic E-state index is 13.7. The Kier molecular flexibility index (Phi) is 7.06. The number of halogens is 2. The molecule has 0 aliphatic heterocycles. The summed E-state index contributed by atoms with van der Waals surface area (Å²) in [5.41, 5.74) is 1.30. The zero-order chi connectivity index (χ0) is 20.0. The molecule has 2 N–H and O–H groups in total. The summed E-state index contributed by atoms with van der Waals surface area (Å²) in [5.74, 6) is -2.52. The van der Waals surface area contributed by atoms with Crippen LogP contribution in [0.5, 0.6) is 0 Å². The topological polar surface area (TPSA) is 84.5 Å². The highest BCUT2D eigenvalue weighted by atomic mass is 79.9. The summed E-state index contributed by atoms with van der Waals surface area (Å²) >= 11 is 3.11. The molecule has 0 radical (unpaired) electrons. The summed E-state index contributed by atoms with van der Waals surface area (Å²) in [6.07, 6.45) is 0. The number of carbonyl (C=O) groups is 3. The molecule has 0 bridgehead atoms. The second-order valence-corrected chi connectivity index (χ2v) is 6.76. The number of nitrogens with one attached hydrogen (secondary N) is 2. The molecule has 1 atom stereocenters. The lowest BCUT2D eigenvalue weighted by Crippen LogP contribution is -2.40. The van der Waals surface area contributed by atoms with E-state index in [9.17, 15) is 18.8 Å². The summed E-state index contributed by atoms with van der Waals surface area (Å²) in [6, 6.07) is 10.1. The summed E-state index contributed by atoms with van der Waals surface area (Å²) in [4.78, 5) is 35.9. The lowest BCUT2D eigenvalue weighted by atomic mass is 10.1. The third-order valence-electron chi connectivity index (χ3n) is 3.53. The van der Waals surface area contributed by atoms with Crippen molar-refractivity contribution in [2.75, 3.05) is 11.9 Å². The lowest BCUT2D eigenvalue weighted by molar-refractivity contribution is -0.148. The van der Waals surface area contributed by atoms with Crippen LogP contribution in [0.3, 0.4) is 0 Å². The molecule has 0 saturated heterocycles. The van der Waals surface area contributed by atoms with Crippen LogP contribution in [0.15, 0.2) is 46.9 Å². The molecule has 2 rings (SSSR count). The Labute approximate surface area is 164 Å². The fourth-order valence-electron chi connectivity index (χ4n) is 2.16. The van der Waals surface area contributed by atoms with Crippen LogP contribution in [0.4, 0.5) is 10.1 Å². The number of ether oxygens (including phenoxy) is 1. The number of aryl methyl sites for hydroxylation is 1. The number of anilines is 1. The number of hydrogen-bond acceptors (Lipinski definition) is 4. The minimum atomic E-state index is -0.949. The number of carbonyl (C=O) groups excluding carboxylic acids is 3. The Morgan fingerprint density at radius 2 is 1.93 bits per heavy atom. The monoisotopic (exact) mass is 436 g/mol. The Balaban J connectivity index is 1.83. The molecule has 0 saturated carbocycles. The first kappa shape index (κ1) is 20.6. The van der Waals surface area contributed by atoms with Crippen LogP contribution in [0.25, 0.3) is 0 Å². The molecular formula is C19H18BrFN2O4. The Morgan fingerprint density at radius 1 is 1.19 bits per heavy atom. The van der Waals surface area contributed by atoms with E-state index in [-0.39, 0.29) is 5.69 Å². The van der Waals surface area contributed by atoms with Crippen molar-refractivity contribution in [2.24, 2.45) is 0 Å². The first-order valence-corrected chi connectivity index (χ1v) is 8.84. The predicted molar refractivity (Wildman–Crippen MR) is 102 cm³/mol. The quantitative estimate of drug-likeness (QED) is 0.680. The molecule has 0 fully saturated rings. The normalized spacial score (nSPS) is 11.4. The Morgan fingerprint density at radius 3 is 2.59 bits per heavy atom. The van der Waals surface area contributed by atoms with Crippen molar-refractivity contribution < 1.29 is 23.5 Å². The van der Waals surface area contributed by atoms with Crippen LogP contribution in [0, 0.1) is 12.7 Å². The first-order valence-electron chi connectivity index (χ1n) is 8.05. The van der Waals surface area contributed by atoms with Crippen molar-refractivity contribution in [1.82, 2.24) is 5.32 Å². The minimum absolute atomic E-state index is 0.0277. The number of hydrogen-bond donors (Lipinski definition) is 2. The first-order chi connectivity index (χ1) is 12.8. The average molecular weight is 437 g/mol. The van der Waals surface area contributed by atoms with Gasteiger partial charge in [0, 0.05) is 10.0 Å². The van der Waals surface area contributed by atoms with E-state index in [0.717, 1.165) is 5.56 Å². The molecule has 2 amide bonds. The van der Waals surface area contributed by atoms with Gasteiger partial charge in [-0.1, -0.05) is 33.6 Å². The van der Waals surface area contributed by atoms with Crippen LogP contribution >= 0.6 is 15.9 Å². The van der Waals surface area contributed by atoms with Gasteiger partial charge < -0.3 is 15.4 Å². The zero-order valence-corrected chi connectivity index (χ0v) is 16.3. The van der Waals surface area contributed by atoms with E-state index in [1.807, 2.05) is 13.0 Å². The zero-order valence-electron chi connectivity index (χ0n) is 14.7. The molecule has 2 aromatic carbocycles. The van der Waals surface area contributed by atoms with E-state index >= 15 is 0 Å². The lowest BCUT2D eigenvalue weighted by Gasteiger charge is -2.14. The van der Waals surface area contributed by atoms with Crippen molar-refractivity contribution in [3.05, 3.63) is 63.9 Å². The SMILES string of the molecule is Cc1cccc(C(=O)N[C@@H](C)C(=O)OCC(=O)Nc2ccc(Br)cc2F)c1. The second-order valence-electron chi connectivity index (χ2n) is 5.84. The smallest absolute Gasteiger partial charge is 0.328 e. The van der Waals surface area contributed by atoms with Gasteiger partial charge in [-0.15, -0.1) is 0 Å². The van der Waals surface area contributed by atoms with Gasteiger partial charge in [0.05, 0.1) is 5.69 Å². The van der Waals surface area contributed by atoms with E-state index in [1.54, 1.807) is 24.3 Å². The standard InChI is InChI=1S/C19H18BrFN2O4/c1-11-4-3-5-13(8-11)18(25)22-12(2)19(26)27-10-17(24)23-16-7-6-14(20)9-15(16)21/h3-9,12H,10H2,1-2H3,(H,22,25)(H,23,24)/t12-/m0/s1. The summed E-state index contributed by atoms with van der Waals surface area (Å²) < 4.78 is 19.1. The van der Waals surface area contributed by atoms with Crippen molar-refractivity contribution in [1.29, 1.82) is 0 Å². The molecule has 0 heterocycles. The van der Waals surface area contributed by atoms with E-state index < -0.39 is 36.2 Å². The number of amides is 2. The molecule has 0 aliphatic carbocycles. The summed E-state index contributed by atoms with van der Waals surface area (Å²) in [7, 11) is 0. The van der Waals surface area contributed by atoms with Crippen LogP contribution < -0.4 is 10.6 Å². The third kappa shape index (κ3) is 6.18. The van der Waals surface area contributed by atoms with Gasteiger partial charge in [0.15, 0.2) is 6.61 Å². The molecule has 142 valence electrons. The largest absolute Gasteiger partial charge is 0.454 e. The average Bonchev–Trinajstić information content (AvgIpc) is 2.62. The van der Waals surface area contributed by atoms with E-state index in [2.05, 4.69) is 26.6 Å². The fraction of sp³-hybridized carbons (Fsp3) is 0.211. The van der Waals surface area contributed by atoms with Crippen LogP contribution in [0.1, 0.15) is 22.8 Å². The van der Waals surface area contributed by atoms with Crippen molar-refractivity contribution in [2.45, 2.75) is 19.9 Å². The number of benzene rings is 2. The van der Waals surface area contributed by atoms with Crippen LogP contribution in [0.2, 0.25) is 0 Å². The van der Waals surface area contributed by atoms with E-state index in [4.69, 9.17) is 4.74 Å². The van der Waals surface area contributed by atoms with Crippen LogP contribution in [-0.2, 0) is 14.3 Å². The second kappa shape index (κ2) is 9.27.